The van der Waals surface area contributed by atoms with Gasteiger partial charge in [-0.2, -0.15) is 0 Å². The van der Waals surface area contributed by atoms with Crippen LogP contribution in [0, 0.1) is 6.92 Å². The molecule has 0 saturated heterocycles. The van der Waals surface area contributed by atoms with Crippen molar-refractivity contribution < 1.29 is 31.7 Å². The zero-order chi connectivity index (χ0) is 32.0. The van der Waals surface area contributed by atoms with Gasteiger partial charge in [0.2, 0.25) is 5.91 Å². The van der Waals surface area contributed by atoms with Crippen molar-refractivity contribution >= 4 is 49.5 Å². The molecule has 1 unspecified atom stereocenters. The van der Waals surface area contributed by atoms with Crippen LogP contribution >= 0.6 is 0 Å². The highest BCUT2D eigenvalue weighted by Gasteiger charge is 2.28. The van der Waals surface area contributed by atoms with Gasteiger partial charge in [0.1, 0.15) is 0 Å². The quantitative estimate of drug-likeness (QED) is 0.162. The van der Waals surface area contributed by atoms with E-state index in [1.54, 1.807) is 79.7 Å². The van der Waals surface area contributed by atoms with Gasteiger partial charge in [-0.05, 0) is 48.7 Å². The average Bonchev–Trinajstić information content (AvgIpc) is 3.40. The molecule has 11 heteroatoms. The van der Waals surface area contributed by atoms with Crippen molar-refractivity contribution in [2.24, 2.45) is 0 Å². The highest BCUT2D eigenvalue weighted by atomic mass is 32.2. The maximum absolute atomic E-state index is 13.9. The number of nitrogens with zero attached hydrogens (tertiary/aromatic N) is 2. The largest absolute Gasteiger partial charge is 0.466 e. The van der Waals surface area contributed by atoms with E-state index in [-0.39, 0.29) is 34.8 Å². The van der Waals surface area contributed by atoms with Crippen LogP contribution in [0.5, 0.6) is 0 Å². The van der Waals surface area contributed by atoms with E-state index in [1.807, 2.05) is 6.92 Å². The second-order valence-corrected chi connectivity index (χ2v) is 13.7. The summed E-state index contributed by atoms with van der Waals surface area (Å²) in [5, 5.41) is 0.653. The number of amides is 2. The first-order chi connectivity index (χ1) is 21.0. The van der Waals surface area contributed by atoms with Crippen molar-refractivity contribution in [3.63, 3.8) is 0 Å². The van der Waals surface area contributed by atoms with Gasteiger partial charge in [0.25, 0.3) is 15.9 Å². The molecule has 0 spiro atoms. The number of fused-ring (bicyclic) bond motifs is 1. The number of aromatic nitrogens is 1. The average molecular weight is 635 g/mol. The number of benzene rings is 3. The van der Waals surface area contributed by atoms with Crippen LogP contribution in [-0.2, 0) is 47.3 Å². The number of methoxy groups -OCH3 is 1. The fourth-order valence-corrected chi connectivity index (χ4v) is 6.98. The minimum absolute atomic E-state index is 0.114. The smallest absolute Gasteiger partial charge is 0.333 e. The lowest BCUT2D eigenvalue weighted by atomic mass is 10.1. The third-order valence-corrected chi connectivity index (χ3v) is 10.2. The van der Waals surface area contributed by atoms with E-state index in [4.69, 9.17) is 0 Å². The number of carbonyl (C=O) groups is 3. The number of para-hydroxylation sites is 1. The highest BCUT2D eigenvalue weighted by Crippen LogP contribution is 2.27. The molecule has 0 N–H and O–H groups in total. The van der Waals surface area contributed by atoms with Gasteiger partial charge in [-0.25, -0.2) is 17.2 Å². The van der Waals surface area contributed by atoms with Crippen molar-refractivity contribution in [1.29, 1.82) is 0 Å². The Hall–Kier alpha value is -4.35. The predicted molar refractivity (Wildman–Crippen MR) is 170 cm³/mol. The van der Waals surface area contributed by atoms with Crippen LogP contribution in [0.3, 0.4) is 0 Å². The maximum atomic E-state index is 13.9. The van der Waals surface area contributed by atoms with E-state index in [9.17, 15) is 27.0 Å². The number of imide groups is 1. The Balaban J connectivity index is 1.72. The predicted octanol–water partition coefficient (Wildman–Crippen LogP) is 4.79. The second kappa shape index (κ2) is 14.0. The van der Waals surface area contributed by atoms with E-state index in [0.717, 1.165) is 10.5 Å². The monoisotopic (exact) mass is 634 g/mol. The minimum atomic E-state index is -3.95. The summed E-state index contributed by atoms with van der Waals surface area (Å²) in [6.07, 6.45) is 1.19. The summed E-state index contributed by atoms with van der Waals surface area (Å²) in [4.78, 5) is 40.6. The fourth-order valence-electron chi connectivity index (χ4n) is 4.78. The standard InChI is InChI=1S/C33H34N2O7S2/c1-5-43(39)22-26-10-6-7-12-29(26)32(37)34(31(36)20-24(3)33(38)42-4)19-18-25-21-35(30-13-9-8-11-28(25)30)44(40,41)27-16-14-23(2)15-17-27/h6-17,21H,3,5,18-20,22H2,1-2,4H3. The molecule has 2 amide bonds. The van der Waals surface area contributed by atoms with Gasteiger partial charge in [0.15, 0.2) is 0 Å². The van der Waals surface area contributed by atoms with E-state index in [0.29, 0.717) is 27.8 Å². The summed E-state index contributed by atoms with van der Waals surface area (Å²) in [7, 11) is -3.98. The second-order valence-electron chi connectivity index (χ2n) is 10.2. The van der Waals surface area contributed by atoms with Gasteiger partial charge >= 0.3 is 5.97 Å². The van der Waals surface area contributed by atoms with Crippen LogP contribution < -0.4 is 0 Å². The molecule has 4 rings (SSSR count). The van der Waals surface area contributed by atoms with Crippen molar-refractivity contribution in [3.05, 3.63) is 113 Å². The molecule has 1 heterocycles. The molecule has 0 aliphatic heterocycles. The zero-order valence-electron chi connectivity index (χ0n) is 24.8. The number of aryl methyl sites for hydroxylation is 1. The summed E-state index contributed by atoms with van der Waals surface area (Å²) >= 11 is 0. The Morgan fingerprint density at radius 3 is 2.30 bits per heavy atom. The minimum Gasteiger partial charge on any atom is -0.466 e. The molecule has 4 aromatic rings. The summed E-state index contributed by atoms with van der Waals surface area (Å²) in [6, 6.07) is 20.2. The molecule has 1 atom stereocenters. The first-order valence-corrected chi connectivity index (χ1v) is 16.9. The lowest BCUT2D eigenvalue weighted by Crippen LogP contribution is -2.39. The molecule has 0 aliphatic rings. The summed E-state index contributed by atoms with van der Waals surface area (Å²) in [5.41, 5.74) is 2.62. The summed E-state index contributed by atoms with van der Waals surface area (Å²) in [5.74, 6) is -1.52. The first kappa shape index (κ1) is 32.6. The Kier molecular flexibility index (Phi) is 10.3. The van der Waals surface area contributed by atoms with Crippen LogP contribution in [0.1, 0.15) is 40.4 Å². The van der Waals surface area contributed by atoms with Crippen LogP contribution in [0.15, 0.2) is 96.0 Å². The Bertz CT molecular complexity index is 1860. The van der Waals surface area contributed by atoms with Gasteiger partial charge < -0.3 is 4.74 Å². The number of hydrogen-bond donors (Lipinski definition) is 0. The molecule has 0 aliphatic carbocycles. The molecule has 0 radical (unpaired) electrons. The number of ether oxygens (including phenoxy) is 1. The van der Waals surface area contributed by atoms with Gasteiger partial charge in [-0.1, -0.05) is 67.6 Å². The van der Waals surface area contributed by atoms with Crippen molar-refractivity contribution in [3.8, 4) is 0 Å². The normalized spacial score (nSPS) is 12.1. The van der Waals surface area contributed by atoms with E-state index < -0.39 is 45.0 Å². The van der Waals surface area contributed by atoms with Crippen LogP contribution in [0.25, 0.3) is 10.9 Å². The third-order valence-electron chi connectivity index (χ3n) is 7.21. The molecule has 9 nitrogen and oxygen atoms in total. The van der Waals surface area contributed by atoms with Crippen LogP contribution in [0.4, 0.5) is 0 Å². The molecule has 0 fully saturated rings. The molecular formula is C33H34N2O7S2. The Morgan fingerprint density at radius 1 is 0.955 bits per heavy atom. The van der Waals surface area contributed by atoms with E-state index in [2.05, 4.69) is 11.3 Å². The number of esters is 1. The molecule has 44 heavy (non-hydrogen) atoms. The summed E-state index contributed by atoms with van der Waals surface area (Å²) < 4.78 is 45.5. The van der Waals surface area contributed by atoms with Crippen molar-refractivity contribution in [1.82, 2.24) is 8.87 Å². The molecular weight excluding hydrogens is 601 g/mol. The number of carbonyl (C=O) groups excluding carboxylic acids is 3. The molecule has 0 bridgehead atoms. The SMILES string of the molecule is C=C(CC(=O)N(CCc1cn(S(=O)(=O)c2ccc(C)cc2)c2ccccc12)C(=O)c1ccccc1CS(=O)CC)C(=O)OC. The molecule has 1 aromatic heterocycles. The van der Waals surface area contributed by atoms with Crippen molar-refractivity contribution in [2.45, 2.75) is 37.3 Å². The molecule has 230 valence electrons. The topological polar surface area (TPSA) is 120 Å². The highest BCUT2D eigenvalue weighted by molar-refractivity contribution is 7.90. The lowest BCUT2D eigenvalue weighted by Gasteiger charge is -2.22. The van der Waals surface area contributed by atoms with Crippen LogP contribution in [-0.4, -0.2) is 58.7 Å². The first-order valence-electron chi connectivity index (χ1n) is 13.9. The fraction of sp³-hybridized carbons (Fsp3) is 0.242. The van der Waals surface area contributed by atoms with E-state index >= 15 is 0 Å². The van der Waals surface area contributed by atoms with Gasteiger partial charge in [-0.15, -0.1) is 0 Å². The number of hydrogen-bond acceptors (Lipinski definition) is 7. The Morgan fingerprint density at radius 2 is 1.61 bits per heavy atom. The molecule has 0 saturated carbocycles. The zero-order valence-corrected chi connectivity index (χ0v) is 26.4. The summed E-state index contributed by atoms with van der Waals surface area (Å²) in [6.45, 7) is 7.17. The van der Waals surface area contributed by atoms with E-state index in [1.165, 1.54) is 17.3 Å². The maximum Gasteiger partial charge on any atom is 0.333 e. The third kappa shape index (κ3) is 7.06. The lowest BCUT2D eigenvalue weighted by molar-refractivity contribution is -0.138. The van der Waals surface area contributed by atoms with Gasteiger partial charge in [0.05, 0.1) is 23.9 Å². The molecule has 3 aromatic carbocycles. The van der Waals surface area contributed by atoms with Gasteiger partial charge in [-0.3, -0.25) is 18.7 Å². The van der Waals surface area contributed by atoms with Crippen molar-refractivity contribution in [2.75, 3.05) is 19.4 Å². The number of rotatable bonds is 12. The Labute approximate surface area is 259 Å². The van der Waals surface area contributed by atoms with Gasteiger partial charge in [0, 0.05) is 51.6 Å². The van der Waals surface area contributed by atoms with Crippen LogP contribution in [0.2, 0.25) is 0 Å².